The number of hydrogen-bond acceptors (Lipinski definition) is 6. The molecule has 0 aromatic rings. The Bertz CT molecular complexity index is 676. The molecule has 6 heteroatoms. The number of aliphatic hydroxyl groups is 1. The van der Waals surface area contributed by atoms with Gasteiger partial charge in [-0.3, -0.25) is 0 Å². The third kappa shape index (κ3) is 2.65. The highest BCUT2D eigenvalue weighted by Gasteiger charge is 2.69. The molecule has 1 saturated heterocycles. The van der Waals surface area contributed by atoms with Crippen LogP contribution in [-0.2, 0) is 14.2 Å². The van der Waals surface area contributed by atoms with Gasteiger partial charge in [0, 0.05) is 30.8 Å². The van der Waals surface area contributed by atoms with Crippen molar-refractivity contribution in [1.82, 2.24) is 0 Å². The van der Waals surface area contributed by atoms with Crippen molar-refractivity contribution in [1.29, 1.82) is 0 Å². The smallest absolute Gasteiger partial charge is 0.174 e. The Morgan fingerprint density at radius 2 is 1.93 bits per heavy atom. The van der Waals surface area contributed by atoms with Gasteiger partial charge in [0.1, 0.15) is 0 Å². The minimum Gasteiger partial charge on any atom is -0.411 e. The van der Waals surface area contributed by atoms with Crippen LogP contribution in [0.1, 0.15) is 65.7 Å². The lowest BCUT2D eigenvalue weighted by Crippen LogP contribution is -2.62. The van der Waals surface area contributed by atoms with Crippen LogP contribution in [0, 0.1) is 34.5 Å². The van der Waals surface area contributed by atoms with Crippen molar-refractivity contribution in [3.63, 3.8) is 0 Å². The van der Waals surface area contributed by atoms with Crippen LogP contribution in [0.15, 0.2) is 5.16 Å². The van der Waals surface area contributed by atoms with Crippen LogP contribution in [0.5, 0.6) is 0 Å². The molecular weight excluding hydrogens is 370 g/mol. The zero-order valence-electron chi connectivity index (χ0n) is 18.1. The maximum absolute atomic E-state index is 10.7. The molecule has 5 aliphatic rings. The molecule has 1 aliphatic heterocycles. The number of aliphatic hydroxyl groups excluding tert-OH is 1. The zero-order chi connectivity index (χ0) is 20.4. The van der Waals surface area contributed by atoms with E-state index in [1.807, 2.05) is 6.92 Å². The van der Waals surface area contributed by atoms with Gasteiger partial charge in [-0.1, -0.05) is 19.0 Å². The van der Waals surface area contributed by atoms with Gasteiger partial charge in [0.2, 0.25) is 0 Å². The van der Waals surface area contributed by atoms with Gasteiger partial charge in [0.25, 0.3) is 0 Å². The molecule has 0 aromatic carbocycles. The van der Waals surface area contributed by atoms with E-state index in [1.165, 1.54) is 0 Å². The van der Waals surface area contributed by atoms with Crippen molar-refractivity contribution >= 4 is 5.71 Å². The van der Waals surface area contributed by atoms with E-state index in [1.54, 1.807) is 0 Å². The molecule has 6 nitrogen and oxygen atoms in total. The molecule has 0 radical (unpaired) electrons. The highest BCUT2D eigenvalue weighted by atomic mass is 16.7. The van der Waals surface area contributed by atoms with E-state index in [2.05, 4.69) is 19.0 Å². The predicted molar refractivity (Wildman–Crippen MR) is 108 cm³/mol. The third-order valence-corrected chi connectivity index (χ3v) is 9.68. The first-order valence-electron chi connectivity index (χ1n) is 11.7. The van der Waals surface area contributed by atoms with Crippen LogP contribution in [0.2, 0.25) is 0 Å². The van der Waals surface area contributed by atoms with E-state index >= 15 is 0 Å². The molecule has 0 aromatic heterocycles. The molecule has 5 fully saturated rings. The molecule has 1 heterocycles. The van der Waals surface area contributed by atoms with Crippen molar-refractivity contribution in [3.05, 3.63) is 0 Å². The summed E-state index contributed by atoms with van der Waals surface area (Å²) in [7, 11) is 0. The summed E-state index contributed by atoms with van der Waals surface area (Å²) < 4.78 is 18.4. The van der Waals surface area contributed by atoms with Crippen LogP contribution in [0.3, 0.4) is 0 Å². The number of hydrogen-bond donors (Lipinski definition) is 2. The molecule has 4 saturated carbocycles. The molecule has 0 bridgehead atoms. The Morgan fingerprint density at radius 3 is 2.62 bits per heavy atom. The monoisotopic (exact) mass is 407 g/mol. The fourth-order valence-corrected chi connectivity index (χ4v) is 8.47. The number of rotatable bonds is 2. The van der Waals surface area contributed by atoms with E-state index in [9.17, 15) is 10.3 Å². The van der Waals surface area contributed by atoms with Crippen LogP contribution >= 0.6 is 0 Å². The summed E-state index contributed by atoms with van der Waals surface area (Å²) in [5.74, 6) is 1.19. The second kappa shape index (κ2) is 6.91. The first kappa shape index (κ1) is 20.2. The van der Waals surface area contributed by atoms with Crippen LogP contribution in [0.4, 0.5) is 0 Å². The molecule has 0 amide bonds. The van der Waals surface area contributed by atoms with E-state index < -0.39 is 5.79 Å². The normalized spacial score (nSPS) is 52.3. The van der Waals surface area contributed by atoms with Gasteiger partial charge in [0.05, 0.1) is 31.1 Å². The number of fused-ring (bicyclic) bond motifs is 6. The van der Waals surface area contributed by atoms with Gasteiger partial charge in [-0.25, -0.2) is 0 Å². The Kier molecular flexibility index (Phi) is 4.82. The van der Waals surface area contributed by atoms with E-state index in [0.717, 1.165) is 50.7 Å². The molecule has 8 atom stereocenters. The van der Waals surface area contributed by atoms with Crippen LogP contribution in [-0.4, -0.2) is 53.8 Å². The summed E-state index contributed by atoms with van der Waals surface area (Å²) in [6.07, 6.45) is 6.19. The van der Waals surface area contributed by atoms with Crippen LogP contribution in [0.25, 0.3) is 0 Å². The predicted octanol–water partition coefficient (Wildman–Crippen LogP) is 3.59. The number of nitrogens with zero attached hydrogens (tertiary/aromatic N) is 1. The van der Waals surface area contributed by atoms with Crippen molar-refractivity contribution in [3.8, 4) is 0 Å². The quantitative estimate of drug-likeness (QED) is 0.540. The molecule has 1 spiro atoms. The first-order chi connectivity index (χ1) is 13.9. The Balaban J connectivity index is 1.51. The summed E-state index contributed by atoms with van der Waals surface area (Å²) in [5.41, 5.74) is 0.786. The highest BCUT2D eigenvalue weighted by Crippen LogP contribution is 2.68. The van der Waals surface area contributed by atoms with Gasteiger partial charge in [-0.15, -0.1) is 0 Å². The Labute approximate surface area is 174 Å². The van der Waals surface area contributed by atoms with Crippen molar-refractivity contribution in [2.45, 2.75) is 83.7 Å². The Morgan fingerprint density at radius 1 is 1.17 bits per heavy atom. The topological polar surface area (TPSA) is 80.5 Å². The van der Waals surface area contributed by atoms with Crippen molar-refractivity contribution < 1.29 is 24.5 Å². The third-order valence-electron chi connectivity index (χ3n) is 9.68. The molecule has 4 aliphatic carbocycles. The van der Waals surface area contributed by atoms with E-state index in [0.29, 0.717) is 37.6 Å². The zero-order valence-corrected chi connectivity index (χ0v) is 18.1. The largest absolute Gasteiger partial charge is 0.411 e. The van der Waals surface area contributed by atoms with Crippen LogP contribution < -0.4 is 0 Å². The van der Waals surface area contributed by atoms with Gasteiger partial charge in [-0.2, -0.15) is 0 Å². The van der Waals surface area contributed by atoms with E-state index in [4.69, 9.17) is 14.2 Å². The number of ether oxygens (including phenoxy) is 3. The summed E-state index contributed by atoms with van der Waals surface area (Å²) in [4.78, 5) is 0. The molecule has 164 valence electrons. The first-order valence-corrected chi connectivity index (χ1v) is 11.7. The molecule has 2 N–H and O–H groups in total. The molecular formula is C23H37NO5. The highest BCUT2D eigenvalue weighted by molar-refractivity contribution is 5.89. The fraction of sp³-hybridized carbons (Fsp3) is 0.957. The molecule has 29 heavy (non-hydrogen) atoms. The number of oxime groups is 1. The maximum Gasteiger partial charge on any atom is 0.174 e. The van der Waals surface area contributed by atoms with E-state index in [-0.39, 0.29) is 29.0 Å². The van der Waals surface area contributed by atoms with Gasteiger partial charge < -0.3 is 24.5 Å². The lowest BCUT2D eigenvalue weighted by atomic mass is 9.44. The molecule has 5 rings (SSSR count). The summed E-state index contributed by atoms with van der Waals surface area (Å²) in [5, 5.41) is 24.7. The SMILES string of the molecule is CCO[C@H]1C[C@@]2(C)[C@@H](CC[C@@H]3[C@@H]2/C(=N/O)C[C@@]2(C)[C@H]3CCC23OCCO3)C[C@@H]1O. The summed E-state index contributed by atoms with van der Waals surface area (Å²) in [6, 6.07) is 0. The Hall–Kier alpha value is -0.690. The standard InChI is InChI=1S/C23H37NO5/c1-4-27-19-13-21(2)14(11-18(19)25)5-6-15-16-7-8-23(28-9-10-29-23)22(16,3)12-17(24-26)20(15)21/h14-16,18-20,25-26H,4-13H2,1-3H3/b24-17+/t14-,15-,16-,18-,19-,20+,21-,22-/m0/s1. The van der Waals surface area contributed by atoms with Crippen molar-refractivity contribution in [2.24, 2.45) is 39.7 Å². The maximum atomic E-state index is 10.7. The molecule has 0 unspecified atom stereocenters. The lowest BCUT2D eigenvalue weighted by molar-refractivity contribution is -0.235. The average molecular weight is 408 g/mol. The minimum atomic E-state index is -0.507. The summed E-state index contributed by atoms with van der Waals surface area (Å²) >= 11 is 0. The minimum absolute atomic E-state index is 0.00196. The van der Waals surface area contributed by atoms with Gasteiger partial charge in [0.15, 0.2) is 5.79 Å². The average Bonchev–Trinajstić information content (AvgIpc) is 3.29. The summed E-state index contributed by atoms with van der Waals surface area (Å²) in [6.45, 7) is 8.62. The second-order valence-corrected chi connectivity index (χ2v) is 10.7. The lowest BCUT2D eigenvalue weighted by Gasteiger charge is -2.61. The van der Waals surface area contributed by atoms with Gasteiger partial charge >= 0.3 is 0 Å². The fourth-order valence-electron chi connectivity index (χ4n) is 8.47. The van der Waals surface area contributed by atoms with Crippen molar-refractivity contribution in [2.75, 3.05) is 19.8 Å². The second-order valence-electron chi connectivity index (χ2n) is 10.7. The van der Waals surface area contributed by atoms with Gasteiger partial charge in [-0.05, 0) is 62.2 Å².